The van der Waals surface area contributed by atoms with Crippen molar-refractivity contribution >= 4 is 17.7 Å². The van der Waals surface area contributed by atoms with E-state index in [-0.39, 0.29) is 17.8 Å². The van der Waals surface area contributed by atoms with Crippen molar-refractivity contribution in [1.29, 1.82) is 0 Å². The van der Waals surface area contributed by atoms with Gasteiger partial charge in [-0.25, -0.2) is 0 Å². The maximum atomic E-state index is 11.8. The number of carbonyl (C=O) groups excluding carboxylic acids is 1. The van der Waals surface area contributed by atoms with E-state index in [0.717, 1.165) is 25.9 Å². The van der Waals surface area contributed by atoms with Crippen molar-refractivity contribution in [2.24, 2.45) is 5.92 Å². The standard InChI is InChI=1S/C10H19NO2S/c1-8(14-2)10(13)11-5-3-4-9(6-11)7-12/h8-9,12H,3-7H2,1-2H3. The molecule has 4 heteroatoms. The van der Waals surface area contributed by atoms with E-state index in [1.165, 1.54) is 0 Å². The van der Waals surface area contributed by atoms with Crippen LogP contribution in [0.5, 0.6) is 0 Å². The fourth-order valence-electron chi connectivity index (χ4n) is 1.77. The topological polar surface area (TPSA) is 40.5 Å². The predicted octanol–water partition coefficient (Wildman–Crippen LogP) is 0.969. The number of rotatable bonds is 3. The van der Waals surface area contributed by atoms with Crippen molar-refractivity contribution in [3.63, 3.8) is 0 Å². The average molecular weight is 217 g/mol. The van der Waals surface area contributed by atoms with Gasteiger partial charge in [0.05, 0.1) is 5.25 Å². The molecule has 1 saturated heterocycles. The number of likely N-dealkylation sites (tertiary alicyclic amines) is 1. The SMILES string of the molecule is CSC(C)C(=O)N1CCCC(CO)C1. The molecule has 1 rings (SSSR count). The molecule has 0 aromatic carbocycles. The second-order valence-electron chi connectivity index (χ2n) is 3.85. The minimum Gasteiger partial charge on any atom is -0.396 e. The summed E-state index contributed by atoms with van der Waals surface area (Å²) in [5.74, 6) is 0.511. The van der Waals surface area contributed by atoms with Gasteiger partial charge in [0.1, 0.15) is 0 Å². The first-order chi connectivity index (χ1) is 6.69. The summed E-state index contributed by atoms with van der Waals surface area (Å²) >= 11 is 1.58. The van der Waals surface area contributed by atoms with Crippen molar-refractivity contribution in [3.05, 3.63) is 0 Å². The van der Waals surface area contributed by atoms with Gasteiger partial charge in [0, 0.05) is 19.7 Å². The third-order valence-corrected chi connectivity index (χ3v) is 3.70. The molecule has 1 heterocycles. The Hall–Kier alpha value is -0.220. The Kier molecular flexibility index (Phi) is 4.75. The first-order valence-electron chi connectivity index (χ1n) is 5.11. The molecule has 2 unspecified atom stereocenters. The number of thioether (sulfide) groups is 1. The molecule has 82 valence electrons. The highest BCUT2D eigenvalue weighted by Gasteiger charge is 2.25. The maximum absolute atomic E-state index is 11.8. The van der Waals surface area contributed by atoms with Gasteiger partial charge in [-0.3, -0.25) is 4.79 Å². The van der Waals surface area contributed by atoms with Crippen LogP contribution in [0.2, 0.25) is 0 Å². The van der Waals surface area contributed by atoms with Crippen molar-refractivity contribution in [2.75, 3.05) is 26.0 Å². The van der Waals surface area contributed by atoms with Gasteiger partial charge >= 0.3 is 0 Å². The molecular weight excluding hydrogens is 198 g/mol. The Morgan fingerprint density at radius 2 is 2.43 bits per heavy atom. The molecule has 1 aliphatic heterocycles. The predicted molar refractivity (Wildman–Crippen MR) is 59.4 cm³/mol. The highest BCUT2D eigenvalue weighted by atomic mass is 32.2. The molecule has 2 atom stereocenters. The van der Waals surface area contributed by atoms with E-state index in [0.29, 0.717) is 5.92 Å². The van der Waals surface area contributed by atoms with Crippen molar-refractivity contribution in [3.8, 4) is 0 Å². The van der Waals surface area contributed by atoms with Gasteiger partial charge in [0.15, 0.2) is 0 Å². The monoisotopic (exact) mass is 217 g/mol. The van der Waals surface area contributed by atoms with E-state index >= 15 is 0 Å². The Morgan fingerprint density at radius 1 is 1.71 bits per heavy atom. The molecule has 0 spiro atoms. The van der Waals surface area contributed by atoms with Crippen molar-refractivity contribution in [1.82, 2.24) is 4.90 Å². The number of nitrogens with zero attached hydrogens (tertiary/aromatic N) is 1. The summed E-state index contributed by atoms with van der Waals surface area (Å²) in [7, 11) is 0. The summed E-state index contributed by atoms with van der Waals surface area (Å²) in [6.07, 6.45) is 4.03. The molecule has 0 radical (unpaired) electrons. The van der Waals surface area contributed by atoms with Crippen molar-refractivity contribution in [2.45, 2.75) is 25.0 Å². The molecule has 0 aliphatic carbocycles. The van der Waals surface area contributed by atoms with Gasteiger partial charge in [0.2, 0.25) is 5.91 Å². The zero-order valence-corrected chi connectivity index (χ0v) is 9.72. The number of hydrogen-bond acceptors (Lipinski definition) is 3. The van der Waals surface area contributed by atoms with Crippen LogP contribution in [0, 0.1) is 5.92 Å². The maximum Gasteiger partial charge on any atom is 0.235 e. The zero-order chi connectivity index (χ0) is 10.6. The lowest BCUT2D eigenvalue weighted by molar-refractivity contribution is -0.132. The first kappa shape index (κ1) is 11.9. The molecule has 1 amide bonds. The van der Waals surface area contributed by atoms with Crippen LogP contribution in [-0.2, 0) is 4.79 Å². The van der Waals surface area contributed by atoms with E-state index in [1.54, 1.807) is 11.8 Å². The van der Waals surface area contributed by atoms with Gasteiger partial charge in [-0.1, -0.05) is 0 Å². The minimum absolute atomic E-state index is 0.0486. The van der Waals surface area contributed by atoms with Gasteiger partial charge in [0.25, 0.3) is 0 Å². The Bertz CT molecular complexity index is 199. The van der Waals surface area contributed by atoms with Gasteiger partial charge < -0.3 is 10.0 Å². The molecule has 0 bridgehead atoms. The van der Waals surface area contributed by atoms with Crippen LogP contribution in [0.3, 0.4) is 0 Å². The largest absolute Gasteiger partial charge is 0.396 e. The molecule has 1 aliphatic rings. The molecule has 0 saturated carbocycles. The quantitative estimate of drug-likeness (QED) is 0.766. The normalized spacial score (nSPS) is 24.8. The number of hydrogen-bond donors (Lipinski definition) is 1. The Balaban J connectivity index is 2.47. The summed E-state index contributed by atoms with van der Waals surface area (Å²) in [5, 5.41) is 9.09. The molecular formula is C10H19NO2S. The Labute approximate surface area is 89.9 Å². The second-order valence-corrected chi connectivity index (χ2v) is 5.03. The summed E-state index contributed by atoms with van der Waals surface area (Å²) < 4.78 is 0. The third kappa shape index (κ3) is 2.89. The number of piperidine rings is 1. The van der Waals surface area contributed by atoms with Crippen molar-refractivity contribution < 1.29 is 9.90 Å². The van der Waals surface area contributed by atoms with Crippen LogP contribution in [0.1, 0.15) is 19.8 Å². The summed E-state index contributed by atoms with van der Waals surface area (Å²) in [4.78, 5) is 13.7. The van der Waals surface area contributed by atoms with Crippen LogP contribution in [0.4, 0.5) is 0 Å². The second kappa shape index (κ2) is 5.61. The lowest BCUT2D eigenvalue weighted by Gasteiger charge is -2.33. The summed E-state index contributed by atoms with van der Waals surface area (Å²) in [6.45, 7) is 3.74. The zero-order valence-electron chi connectivity index (χ0n) is 8.90. The fraction of sp³-hybridized carbons (Fsp3) is 0.900. The summed E-state index contributed by atoms with van der Waals surface area (Å²) in [5.41, 5.74) is 0. The van der Waals surface area contributed by atoms with Gasteiger partial charge in [-0.15, -0.1) is 0 Å². The molecule has 0 aromatic rings. The van der Waals surface area contributed by atoms with Crippen LogP contribution in [0.15, 0.2) is 0 Å². The van der Waals surface area contributed by atoms with Gasteiger partial charge in [-0.2, -0.15) is 11.8 Å². The molecule has 1 N–H and O–H groups in total. The first-order valence-corrected chi connectivity index (χ1v) is 6.40. The lowest BCUT2D eigenvalue weighted by Crippen LogP contribution is -2.44. The molecule has 1 fully saturated rings. The third-order valence-electron chi connectivity index (χ3n) is 2.79. The highest BCUT2D eigenvalue weighted by molar-refractivity contribution is 7.99. The molecule has 0 aromatic heterocycles. The van der Waals surface area contributed by atoms with Crippen LogP contribution in [-0.4, -0.2) is 47.1 Å². The Morgan fingerprint density at radius 3 is 3.00 bits per heavy atom. The molecule has 3 nitrogen and oxygen atoms in total. The van der Waals surface area contributed by atoms with Crippen LogP contribution >= 0.6 is 11.8 Å². The smallest absolute Gasteiger partial charge is 0.235 e. The average Bonchev–Trinajstić information content (AvgIpc) is 2.27. The number of aliphatic hydroxyl groups is 1. The molecule has 14 heavy (non-hydrogen) atoms. The van der Waals surface area contributed by atoms with Crippen LogP contribution in [0.25, 0.3) is 0 Å². The van der Waals surface area contributed by atoms with Crippen LogP contribution < -0.4 is 0 Å². The van der Waals surface area contributed by atoms with Gasteiger partial charge in [-0.05, 0) is 31.9 Å². The lowest BCUT2D eigenvalue weighted by atomic mass is 9.99. The fourth-order valence-corrected chi connectivity index (χ4v) is 2.12. The highest BCUT2D eigenvalue weighted by Crippen LogP contribution is 2.18. The number of carbonyl (C=O) groups is 1. The van der Waals surface area contributed by atoms with E-state index in [4.69, 9.17) is 5.11 Å². The van der Waals surface area contributed by atoms with E-state index in [1.807, 2.05) is 18.1 Å². The summed E-state index contributed by atoms with van der Waals surface area (Å²) in [6, 6.07) is 0. The van der Waals surface area contributed by atoms with E-state index in [2.05, 4.69) is 0 Å². The van der Waals surface area contributed by atoms with E-state index < -0.39 is 0 Å². The number of aliphatic hydroxyl groups excluding tert-OH is 1. The minimum atomic E-state index is 0.0486. The number of amides is 1. The van der Waals surface area contributed by atoms with E-state index in [9.17, 15) is 4.79 Å².